The van der Waals surface area contributed by atoms with Crippen LogP contribution in [0.15, 0.2) is 71.1 Å². The van der Waals surface area contributed by atoms with E-state index in [0.717, 1.165) is 23.8 Å². The Bertz CT molecular complexity index is 1440. The minimum Gasteiger partial charge on any atom is -0.455 e. The third-order valence-corrected chi connectivity index (χ3v) is 6.41. The highest BCUT2D eigenvalue weighted by Gasteiger charge is 2.29. The molecule has 7 heteroatoms. The Kier molecular flexibility index (Phi) is 5.91. The molecule has 0 saturated carbocycles. The molecule has 1 saturated heterocycles. The number of carbonyl (C=O) groups excluding carboxylic acids is 3. The summed E-state index contributed by atoms with van der Waals surface area (Å²) < 4.78 is 19.5. The maximum Gasteiger partial charge on any atom is 0.255 e. The molecule has 1 N–H and O–H groups in total. The van der Waals surface area contributed by atoms with E-state index in [9.17, 15) is 18.8 Å². The van der Waals surface area contributed by atoms with E-state index in [1.807, 2.05) is 18.2 Å². The largest absolute Gasteiger partial charge is 0.455 e. The van der Waals surface area contributed by atoms with Crippen LogP contribution in [0.25, 0.3) is 33.4 Å². The van der Waals surface area contributed by atoms with E-state index in [2.05, 4.69) is 5.32 Å². The van der Waals surface area contributed by atoms with Crippen LogP contribution in [0.3, 0.4) is 0 Å². The number of amides is 2. The lowest BCUT2D eigenvalue weighted by molar-refractivity contribution is -0.111. The van der Waals surface area contributed by atoms with E-state index in [0.29, 0.717) is 46.4 Å². The zero-order valence-corrected chi connectivity index (χ0v) is 19.1. The van der Waals surface area contributed by atoms with Crippen molar-refractivity contribution in [3.8, 4) is 22.5 Å². The molecule has 35 heavy (non-hydrogen) atoms. The maximum absolute atomic E-state index is 13.4. The van der Waals surface area contributed by atoms with Gasteiger partial charge in [0.2, 0.25) is 0 Å². The Morgan fingerprint density at radius 1 is 1.03 bits per heavy atom. The molecular weight excluding hydrogens is 447 g/mol. The summed E-state index contributed by atoms with van der Waals surface area (Å²) in [6.45, 7) is 0.565. The average Bonchev–Trinajstić information content (AvgIpc) is 3.52. The molecule has 2 amide bonds. The predicted octanol–water partition coefficient (Wildman–Crippen LogP) is 5.07. The molecule has 1 aliphatic rings. The van der Waals surface area contributed by atoms with Gasteiger partial charge in [0.25, 0.3) is 11.8 Å². The predicted molar refractivity (Wildman–Crippen MR) is 131 cm³/mol. The molecular formula is C28H23FN2O4. The summed E-state index contributed by atoms with van der Waals surface area (Å²) in [6.07, 6.45) is 2.33. The highest BCUT2D eigenvalue weighted by atomic mass is 19.1. The number of rotatable bonds is 5. The highest BCUT2D eigenvalue weighted by Crippen LogP contribution is 2.36. The summed E-state index contributed by atoms with van der Waals surface area (Å²) in [5.41, 5.74) is 3.57. The number of furan rings is 1. The molecule has 1 atom stereocenters. The fourth-order valence-electron chi connectivity index (χ4n) is 4.62. The number of nitrogens with zero attached hydrogens (tertiary/aromatic N) is 1. The van der Waals surface area contributed by atoms with Gasteiger partial charge in [0, 0.05) is 30.1 Å². The van der Waals surface area contributed by atoms with Crippen molar-refractivity contribution in [2.75, 3.05) is 13.6 Å². The normalized spacial score (nSPS) is 15.4. The van der Waals surface area contributed by atoms with Gasteiger partial charge >= 0.3 is 0 Å². The first-order valence-corrected chi connectivity index (χ1v) is 11.4. The molecule has 1 aliphatic heterocycles. The third kappa shape index (κ3) is 4.10. The van der Waals surface area contributed by atoms with Gasteiger partial charge in [-0.05, 0) is 72.5 Å². The molecule has 6 nitrogen and oxygen atoms in total. The van der Waals surface area contributed by atoms with Crippen LogP contribution in [0.5, 0.6) is 0 Å². The zero-order chi connectivity index (χ0) is 24.5. The molecule has 5 rings (SSSR count). The summed E-state index contributed by atoms with van der Waals surface area (Å²) >= 11 is 0. The number of nitrogens with one attached hydrogen (secondary N) is 1. The molecule has 0 unspecified atom stereocenters. The lowest BCUT2D eigenvalue weighted by Gasteiger charge is -2.20. The van der Waals surface area contributed by atoms with Crippen LogP contribution in [-0.2, 0) is 4.79 Å². The maximum atomic E-state index is 13.4. The first-order chi connectivity index (χ1) is 17.0. The Morgan fingerprint density at radius 3 is 2.51 bits per heavy atom. The molecule has 4 aromatic rings. The number of carbonyl (C=O) groups is 3. The van der Waals surface area contributed by atoms with Crippen molar-refractivity contribution in [3.05, 3.63) is 83.7 Å². The monoisotopic (exact) mass is 470 g/mol. The van der Waals surface area contributed by atoms with Crippen molar-refractivity contribution in [1.82, 2.24) is 10.2 Å². The molecule has 3 aromatic carbocycles. The number of aldehydes is 1. The number of likely N-dealkylation sites (tertiary alicyclic amines) is 1. The first-order valence-electron chi connectivity index (χ1n) is 11.4. The van der Waals surface area contributed by atoms with Gasteiger partial charge in [-0.2, -0.15) is 0 Å². The fraction of sp³-hybridized carbons (Fsp3) is 0.179. The van der Waals surface area contributed by atoms with Crippen LogP contribution in [0.2, 0.25) is 0 Å². The Labute approximate surface area is 201 Å². The Balaban J connectivity index is 1.57. The van der Waals surface area contributed by atoms with Crippen LogP contribution in [0.4, 0.5) is 4.39 Å². The molecule has 0 spiro atoms. The standard InChI is InChI=1S/C28H23FN2O4/c1-30-27(33)25-23-15-19(9-12-24(23)35-26(25)17-7-10-21(29)11-8-17)18-4-2-5-20(14-18)28(34)31-13-3-6-22(31)16-32/h2,4-5,7-12,14-16,22H,3,6,13H2,1H3,(H,30,33)/t22-/m0/s1. The smallest absolute Gasteiger partial charge is 0.255 e. The van der Waals surface area contributed by atoms with Crippen molar-refractivity contribution in [3.63, 3.8) is 0 Å². The quantitative estimate of drug-likeness (QED) is 0.413. The van der Waals surface area contributed by atoms with Crippen molar-refractivity contribution in [2.24, 2.45) is 0 Å². The molecule has 1 aromatic heterocycles. The SMILES string of the molecule is CNC(=O)c1c(-c2ccc(F)cc2)oc2ccc(-c3cccc(C(=O)N4CCC[C@H]4C=O)c3)cc12. The highest BCUT2D eigenvalue weighted by molar-refractivity contribution is 6.12. The van der Waals surface area contributed by atoms with Gasteiger partial charge < -0.3 is 19.4 Å². The second-order valence-electron chi connectivity index (χ2n) is 8.53. The van der Waals surface area contributed by atoms with Crippen LogP contribution in [0, 0.1) is 5.82 Å². The van der Waals surface area contributed by atoms with Crippen molar-refractivity contribution >= 4 is 29.1 Å². The van der Waals surface area contributed by atoms with Crippen LogP contribution in [0.1, 0.15) is 33.6 Å². The van der Waals surface area contributed by atoms with Crippen molar-refractivity contribution in [1.29, 1.82) is 0 Å². The van der Waals surface area contributed by atoms with Gasteiger partial charge in [-0.3, -0.25) is 9.59 Å². The van der Waals surface area contributed by atoms with E-state index in [-0.39, 0.29) is 23.7 Å². The summed E-state index contributed by atoms with van der Waals surface area (Å²) in [7, 11) is 1.54. The number of fused-ring (bicyclic) bond motifs is 1. The van der Waals surface area contributed by atoms with Crippen LogP contribution < -0.4 is 5.32 Å². The summed E-state index contributed by atoms with van der Waals surface area (Å²) in [5, 5.41) is 3.26. The van der Waals surface area contributed by atoms with E-state index < -0.39 is 0 Å². The summed E-state index contributed by atoms with van der Waals surface area (Å²) in [6, 6.07) is 18.1. The van der Waals surface area contributed by atoms with E-state index in [1.54, 1.807) is 48.3 Å². The molecule has 0 radical (unpaired) electrons. The lowest BCUT2D eigenvalue weighted by atomic mass is 9.98. The van der Waals surface area contributed by atoms with E-state index in [1.165, 1.54) is 12.1 Å². The Hall–Kier alpha value is -4.26. The third-order valence-electron chi connectivity index (χ3n) is 6.41. The Morgan fingerprint density at radius 2 is 1.77 bits per heavy atom. The zero-order valence-electron chi connectivity index (χ0n) is 19.1. The summed E-state index contributed by atoms with van der Waals surface area (Å²) in [4.78, 5) is 38.8. The lowest BCUT2D eigenvalue weighted by Crippen LogP contribution is -2.36. The second-order valence-corrected chi connectivity index (χ2v) is 8.53. The van der Waals surface area contributed by atoms with E-state index >= 15 is 0 Å². The molecule has 176 valence electrons. The average molecular weight is 471 g/mol. The molecule has 0 aliphatic carbocycles. The number of halogens is 1. The van der Waals surface area contributed by atoms with Crippen LogP contribution >= 0.6 is 0 Å². The van der Waals surface area contributed by atoms with Gasteiger partial charge in [0.15, 0.2) is 0 Å². The molecule has 1 fully saturated rings. The van der Waals surface area contributed by atoms with Gasteiger partial charge in [0.1, 0.15) is 23.4 Å². The van der Waals surface area contributed by atoms with Crippen molar-refractivity contribution < 1.29 is 23.2 Å². The number of hydrogen-bond acceptors (Lipinski definition) is 4. The first kappa shape index (κ1) is 22.5. The number of hydrogen-bond donors (Lipinski definition) is 1. The second kappa shape index (κ2) is 9.18. The summed E-state index contributed by atoms with van der Waals surface area (Å²) in [5.74, 6) is -0.514. The minimum absolute atomic E-state index is 0.171. The van der Waals surface area contributed by atoms with Gasteiger partial charge in [-0.1, -0.05) is 18.2 Å². The number of benzene rings is 3. The van der Waals surface area contributed by atoms with Gasteiger partial charge in [-0.15, -0.1) is 0 Å². The fourth-order valence-corrected chi connectivity index (χ4v) is 4.62. The molecule has 0 bridgehead atoms. The minimum atomic E-state index is -0.381. The van der Waals surface area contributed by atoms with E-state index in [4.69, 9.17) is 4.42 Å². The van der Waals surface area contributed by atoms with Crippen LogP contribution in [-0.4, -0.2) is 42.6 Å². The topological polar surface area (TPSA) is 79.6 Å². The molecule has 2 heterocycles. The van der Waals surface area contributed by atoms with Gasteiger partial charge in [0.05, 0.1) is 11.6 Å². The van der Waals surface area contributed by atoms with Crippen molar-refractivity contribution in [2.45, 2.75) is 18.9 Å². The van der Waals surface area contributed by atoms with Gasteiger partial charge in [-0.25, -0.2) is 4.39 Å².